The zero-order valence-corrected chi connectivity index (χ0v) is 9.75. The maximum absolute atomic E-state index is 5.40. The molecule has 0 fully saturated rings. The van der Waals surface area contributed by atoms with E-state index in [1.54, 1.807) is 0 Å². The molecule has 0 aliphatic rings. The summed E-state index contributed by atoms with van der Waals surface area (Å²) in [5.74, 6) is 0. The third-order valence-corrected chi connectivity index (χ3v) is 2.26. The highest BCUT2D eigenvalue weighted by molar-refractivity contribution is 5.45. The molecule has 0 amide bonds. The van der Waals surface area contributed by atoms with Crippen molar-refractivity contribution >= 4 is 5.69 Å². The molecule has 2 heteroatoms. The van der Waals surface area contributed by atoms with Crippen LogP contribution in [0, 0.1) is 0 Å². The number of hydrogen-bond donors (Lipinski definition) is 1. The minimum atomic E-state index is 0.782. The van der Waals surface area contributed by atoms with E-state index in [4.69, 9.17) is 4.74 Å². The van der Waals surface area contributed by atoms with Crippen LogP contribution in [0.15, 0.2) is 24.3 Å². The van der Waals surface area contributed by atoms with Crippen LogP contribution in [0.25, 0.3) is 0 Å². The zero-order chi connectivity index (χ0) is 10.9. The van der Waals surface area contributed by atoms with E-state index in [1.807, 2.05) is 0 Å². The lowest BCUT2D eigenvalue weighted by Crippen LogP contribution is -2.09. The summed E-state index contributed by atoms with van der Waals surface area (Å²) in [7, 11) is 0. The fourth-order valence-corrected chi connectivity index (χ4v) is 1.42. The summed E-state index contributed by atoms with van der Waals surface area (Å²) in [5, 5.41) is 3.35. The molecule has 1 aromatic carbocycles. The predicted octanol–water partition coefficient (Wildman–Crippen LogP) is 3.09. The van der Waals surface area contributed by atoms with Crippen LogP contribution < -0.4 is 5.32 Å². The highest BCUT2D eigenvalue weighted by atomic mass is 16.5. The molecule has 0 aromatic heterocycles. The minimum Gasteiger partial charge on any atom is -0.383 e. The van der Waals surface area contributed by atoms with Gasteiger partial charge in [0.1, 0.15) is 0 Å². The molecule has 0 unspecified atom stereocenters. The maximum atomic E-state index is 5.40. The Kier molecular flexibility index (Phi) is 5.86. The van der Waals surface area contributed by atoms with E-state index in [2.05, 4.69) is 43.4 Å². The lowest BCUT2D eigenvalue weighted by molar-refractivity contribution is 0.144. The van der Waals surface area contributed by atoms with Crippen LogP contribution in [-0.2, 0) is 11.2 Å². The van der Waals surface area contributed by atoms with Crippen molar-refractivity contribution in [2.75, 3.05) is 25.1 Å². The Balaban J connectivity index is 2.24. The Morgan fingerprint density at radius 2 is 2.07 bits per heavy atom. The van der Waals surface area contributed by atoms with Gasteiger partial charge in [0.25, 0.3) is 0 Å². The average molecular weight is 207 g/mol. The van der Waals surface area contributed by atoms with Crippen LogP contribution >= 0.6 is 0 Å². The van der Waals surface area contributed by atoms with Crippen molar-refractivity contribution < 1.29 is 4.74 Å². The number of nitrogens with one attached hydrogen (secondary N) is 1. The fourth-order valence-electron chi connectivity index (χ4n) is 1.42. The van der Waals surface area contributed by atoms with Gasteiger partial charge in [0, 0.05) is 18.8 Å². The normalized spacial score (nSPS) is 10.3. The largest absolute Gasteiger partial charge is 0.383 e. The van der Waals surface area contributed by atoms with Gasteiger partial charge < -0.3 is 10.1 Å². The van der Waals surface area contributed by atoms with E-state index in [0.29, 0.717) is 0 Å². The van der Waals surface area contributed by atoms with E-state index < -0.39 is 0 Å². The second-order valence-corrected chi connectivity index (χ2v) is 3.59. The quantitative estimate of drug-likeness (QED) is 0.694. The molecule has 0 aliphatic heterocycles. The first-order chi connectivity index (χ1) is 7.36. The van der Waals surface area contributed by atoms with E-state index in [1.165, 1.54) is 11.3 Å². The first kappa shape index (κ1) is 12.1. The number of anilines is 1. The molecule has 1 aromatic rings. The van der Waals surface area contributed by atoms with Crippen molar-refractivity contribution in [2.24, 2.45) is 0 Å². The average Bonchev–Trinajstić information content (AvgIpc) is 2.29. The highest BCUT2D eigenvalue weighted by Crippen LogP contribution is 2.10. The molecular weight excluding hydrogens is 186 g/mol. The molecule has 0 atom stereocenters. The standard InChI is InChI=1S/C13H21NO/c1-3-9-15-10-8-14-13-7-5-6-12(4-2)11-13/h5-7,11,14H,3-4,8-10H2,1-2H3. The van der Waals surface area contributed by atoms with Gasteiger partial charge in [-0.25, -0.2) is 0 Å². The number of hydrogen-bond acceptors (Lipinski definition) is 2. The maximum Gasteiger partial charge on any atom is 0.0639 e. The van der Waals surface area contributed by atoms with Gasteiger partial charge in [0.2, 0.25) is 0 Å². The third-order valence-electron chi connectivity index (χ3n) is 2.26. The van der Waals surface area contributed by atoms with Gasteiger partial charge in [0.05, 0.1) is 6.61 Å². The first-order valence-electron chi connectivity index (χ1n) is 5.77. The molecule has 1 rings (SSSR count). The van der Waals surface area contributed by atoms with Gasteiger partial charge in [-0.05, 0) is 30.5 Å². The Morgan fingerprint density at radius 3 is 2.80 bits per heavy atom. The first-order valence-corrected chi connectivity index (χ1v) is 5.77. The van der Waals surface area contributed by atoms with Crippen LogP contribution in [0.5, 0.6) is 0 Å². The molecule has 0 spiro atoms. The van der Waals surface area contributed by atoms with E-state index in [9.17, 15) is 0 Å². The number of rotatable bonds is 7. The van der Waals surface area contributed by atoms with Gasteiger partial charge in [-0.3, -0.25) is 0 Å². The lowest BCUT2D eigenvalue weighted by Gasteiger charge is -2.07. The molecule has 0 radical (unpaired) electrons. The SMILES string of the molecule is CCCOCCNc1cccc(CC)c1. The Morgan fingerprint density at radius 1 is 1.20 bits per heavy atom. The number of ether oxygens (including phenoxy) is 1. The summed E-state index contributed by atoms with van der Waals surface area (Å²) >= 11 is 0. The van der Waals surface area contributed by atoms with Crippen LogP contribution in [0.2, 0.25) is 0 Å². The van der Waals surface area contributed by atoms with Crippen LogP contribution in [-0.4, -0.2) is 19.8 Å². The van der Waals surface area contributed by atoms with E-state index in [-0.39, 0.29) is 0 Å². The molecule has 0 bridgehead atoms. The molecule has 0 heterocycles. The second-order valence-electron chi connectivity index (χ2n) is 3.59. The van der Waals surface area contributed by atoms with Crippen LogP contribution in [0.4, 0.5) is 5.69 Å². The Hall–Kier alpha value is -1.02. The summed E-state index contributed by atoms with van der Waals surface area (Å²) in [4.78, 5) is 0. The summed E-state index contributed by atoms with van der Waals surface area (Å²) in [6.45, 7) is 6.82. The van der Waals surface area contributed by atoms with Crippen molar-refractivity contribution in [1.29, 1.82) is 0 Å². The fraction of sp³-hybridized carbons (Fsp3) is 0.538. The third kappa shape index (κ3) is 4.84. The summed E-state index contributed by atoms with van der Waals surface area (Å²) in [6.07, 6.45) is 2.17. The molecule has 0 aliphatic carbocycles. The van der Waals surface area contributed by atoms with Gasteiger partial charge in [0.15, 0.2) is 0 Å². The van der Waals surface area contributed by atoms with Gasteiger partial charge in [-0.1, -0.05) is 26.0 Å². The van der Waals surface area contributed by atoms with Crippen molar-refractivity contribution in [3.63, 3.8) is 0 Å². The monoisotopic (exact) mass is 207 g/mol. The van der Waals surface area contributed by atoms with Crippen LogP contribution in [0.1, 0.15) is 25.8 Å². The van der Waals surface area contributed by atoms with Crippen molar-refractivity contribution in [3.05, 3.63) is 29.8 Å². The highest BCUT2D eigenvalue weighted by Gasteiger charge is 1.93. The molecule has 1 N–H and O–H groups in total. The lowest BCUT2D eigenvalue weighted by atomic mass is 10.1. The van der Waals surface area contributed by atoms with Gasteiger partial charge >= 0.3 is 0 Å². The second kappa shape index (κ2) is 7.30. The Bertz CT molecular complexity index is 273. The van der Waals surface area contributed by atoms with Gasteiger partial charge in [-0.2, -0.15) is 0 Å². The van der Waals surface area contributed by atoms with E-state index in [0.717, 1.165) is 32.6 Å². The topological polar surface area (TPSA) is 21.3 Å². The summed E-state index contributed by atoms with van der Waals surface area (Å²) in [6, 6.07) is 8.53. The smallest absolute Gasteiger partial charge is 0.0639 e. The minimum absolute atomic E-state index is 0.782. The molecule has 15 heavy (non-hydrogen) atoms. The van der Waals surface area contributed by atoms with Crippen molar-refractivity contribution in [2.45, 2.75) is 26.7 Å². The molecule has 0 saturated heterocycles. The molecule has 2 nitrogen and oxygen atoms in total. The molecule has 84 valence electrons. The van der Waals surface area contributed by atoms with Crippen LogP contribution in [0.3, 0.4) is 0 Å². The van der Waals surface area contributed by atoms with Gasteiger partial charge in [-0.15, -0.1) is 0 Å². The van der Waals surface area contributed by atoms with Crippen molar-refractivity contribution in [1.82, 2.24) is 0 Å². The van der Waals surface area contributed by atoms with Crippen molar-refractivity contribution in [3.8, 4) is 0 Å². The summed E-state index contributed by atoms with van der Waals surface area (Å²) in [5.41, 5.74) is 2.56. The summed E-state index contributed by atoms with van der Waals surface area (Å²) < 4.78 is 5.40. The molecular formula is C13H21NO. The Labute approximate surface area is 92.6 Å². The number of benzene rings is 1. The predicted molar refractivity (Wildman–Crippen MR) is 65.4 cm³/mol. The van der Waals surface area contributed by atoms with E-state index >= 15 is 0 Å². The number of aryl methyl sites for hydroxylation is 1. The zero-order valence-electron chi connectivity index (χ0n) is 9.75. The molecule has 0 saturated carbocycles.